The van der Waals surface area contributed by atoms with Crippen LogP contribution in [0.3, 0.4) is 0 Å². The van der Waals surface area contributed by atoms with E-state index >= 15 is 0 Å². The van der Waals surface area contributed by atoms with Gasteiger partial charge in [0, 0.05) is 16.6 Å². The lowest BCUT2D eigenvalue weighted by Crippen LogP contribution is -2.26. The van der Waals surface area contributed by atoms with Crippen molar-refractivity contribution in [2.45, 2.75) is 25.3 Å². The van der Waals surface area contributed by atoms with Crippen molar-refractivity contribution < 1.29 is 5.11 Å². The number of aromatic hydroxyl groups is 1. The topological polar surface area (TPSA) is 46.2 Å². The van der Waals surface area contributed by atoms with Crippen molar-refractivity contribution in [3.8, 4) is 5.75 Å². The molecule has 1 aromatic carbocycles. The van der Waals surface area contributed by atoms with Crippen LogP contribution in [0.25, 0.3) is 0 Å². The first kappa shape index (κ1) is 9.81. The normalized spacial score (nSPS) is 19.0. The molecule has 0 unspecified atom stereocenters. The molecule has 0 radical (unpaired) electrons. The first-order valence-electron chi connectivity index (χ1n) is 4.92. The second kappa shape index (κ2) is 3.79. The molecule has 0 bridgehead atoms. The molecule has 1 saturated carbocycles. The van der Waals surface area contributed by atoms with Crippen LogP contribution in [0, 0.1) is 5.92 Å². The Bertz CT molecular complexity index is 336. The van der Waals surface area contributed by atoms with Crippen LogP contribution in [0.4, 0.5) is 0 Å². The van der Waals surface area contributed by atoms with Crippen molar-refractivity contribution in [2.24, 2.45) is 11.7 Å². The van der Waals surface area contributed by atoms with Crippen LogP contribution in [0.1, 0.15) is 30.9 Å². The lowest BCUT2D eigenvalue weighted by atomic mass is 9.77. The van der Waals surface area contributed by atoms with Gasteiger partial charge >= 0.3 is 0 Å². The van der Waals surface area contributed by atoms with Crippen LogP contribution in [-0.4, -0.2) is 5.11 Å². The molecule has 0 aromatic heterocycles. The third-order valence-electron chi connectivity index (χ3n) is 3.01. The maximum atomic E-state index is 9.64. The van der Waals surface area contributed by atoms with E-state index < -0.39 is 0 Å². The number of hydrogen-bond donors (Lipinski definition) is 2. The van der Waals surface area contributed by atoms with Crippen LogP contribution >= 0.6 is 11.6 Å². The van der Waals surface area contributed by atoms with Crippen molar-refractivity contribution in [3.05, 3.63) is 28.8 Å². The first-order valence-corrected chi connectivity index (χ1v) is 5.30. The maximum Gasteiger partial charge on any atom is 0.120 e. The Morgan fingerprint density at radius 3 is 2.71 bits per heavy atom. The number of halogens is 1. The van der Waals surface area contributed by atoms with E-state index in [1.54, 1.807) is 18.2 Å². The molecule has 0 aliphatic heterocycles. The van der Waals surface area contributed by atoms with E-state index in [2.05, 4.69) is 0 Å². The molecule has 3 N–H and O–H groups in total. The van der Waals surface area contributed by atoms with Gasteiger partial charge in [-0.05, 0) is 37.0 Å². The standard InChI is InChI=1S/C11H14ClNO/c12-8-4-5-10(14)9(6-8)11(13)7-2-1-3-7/h4-7,11,14H,1-3,13H2/t11-/m1/s1. The highest BCUT2D eigenvalue weighted by Crippen LogP contribution is 2.39. The molecule has 0 spiro atoms. The van der Waals surface area contributed by atoms with E-state index in [9.17, 15) is 5.11 Å². The van der Waals surface area contributed by atoms with Crippen LogP contribution in [0.15, 0.2) is 18.2 Å². The van der Waals surface area contributed by atoms with Crippen molar-refractivity contribution >= 4 is 11.6 Å². The van der Waals surface area contributed by atoms with Gasteiger partial charge in [0.2, 0.25) is 0 Å². The number of rotatable bonds is 2. The van der Waals surface area contributed by atoms with Gasteiger partial charge in [-0.3, -0.25) is 0 Å². The van der Waals surface area contributed by atoms with Crippen LogP contribution in [0.2, 0.25) is 5.02 Å². The highest BCUT2D eigenvalue weighted by atomic mass is 35.5. The summed E-state index contributed by atoms with van der Waals surface area (Å²) in [4.78, 5) is 0. The van der Waals surface area contributed by atoms with Crippen molar-refractivity contribution in [1.82, 2.24) is 0 Å². The fourth-order valence-electron chi connectivity index (χ4n) is 1.85. The van der Waals surface area contributed by atoms with Crippen molar-refractivity contribution in [3.63, 3.8) is 0 Å². The minimum absolute atomic E-state index is 0.0672. The Hall–Kier alpha value is -0.730. The zero-order chi connectivity index (χ0) is 10.1. The lowest BCUT2D eigenvalue weighted by molar-refractivity contribution is 0.260. The first-order chi connectivity index (χ1) is 6.68. The minimum Gasteiger partial charge on any atom is -0.508 e. The summed E-state index contributed by atoms with van der Waals surface area (Å²) in [5.74, 6) is 0.771. The number of phenols is 1. The Morgan fingerprint density at radius 2 is 2.14 bits per heavy atom. The average Bonchev–Trinajstić information content (AvgIpc) is 2.06. The molecule has 1 aromatic rings. The molecule has 0 heterocycles. The average molecular weight is 212 g/mol. The summed E-state index contributed by atoms with van der Waals surface area (Å²) in [6, 6.07) is 4.98. The molecule has 0 amide bonds. The van der Waals surface area contributed by atoms with Gasteiger partial charge in [-0.1, -0.05) is 18.0 Å². The highest BCUT2D eigenvalue weighted by Gasteiger charge is 2.27. The second-order valence-corrected chi connectivity index (χ2v) is 4.36. The van der Waals surface area contributed by atoms with Crippen LogP contribution in [0.5, 0.6) is 5.75 Å². The van der Waals surface area contributed by atoms with E-state index in [-0.39, 0.29) is 11.8 Å². The quantitative estimate of drug-likeness (QED) is 0.790. The molecular formula is C11H14ClNO. The zero-order valence-electron chi connectivity index (χ0n) is 7.91. The molecule has 1 fully saturated rings. The van der Waals surface area contributed by atoms with Gasteiger partial charge in [-0.15, -0.1) is 0 Å². The third kappa shape index (κ3) is 1.72. The molecule has 1 atom stereocenters. The molecule has 3 heteroatoms. The predicted octanol–water partition coefficient (Wildman–Crippen LogP) is 2.85. The van der Waals surface area contributed by atoms with Gasteiger partial charge in [0.15, 0.2) is 0 Å². The summed E-state index contributed by atoms with van der Waals surface area (Å²) in [7, 11) is 0. The van der Waals surface area contributed by atoms with E-state index in [4.69, 9.17) is 17.3 Å². The van der Waals surface area contributed by atoms with E-state index in [0.717, 1.165) is 18.4 Å². The molecular weight excluding hydrogens is 198 g/mol. The fourth-order valence-corrected chi connectivity index (χ4v) is 2.03. The Labute approximate surface area is 88.7 Å². The summed E-state index contributed by atoms with van der Waals surface area (Å²) in [5.41, 5.74) is 6.83. The van der Waals surface area contributed by atoms with E-state index in [0.29, 0.717) is 10.9 Å². The monoisotopic (exact) mass is 211 g/mol. The Morgan fingerprint density at radius 1 is 1.43 bits per heavy atom. The Kier molecular flexibility index (Phi) is 2.66. The number of phenolic OH excluding ortho intramolecular Hbond substituents is 1. The molecule has 2 nitrogen and oxygen atoms in total. The van der Waals surface area contributed by atoms with Gasteiger partial charge in [-0.2, -0.15) is 0 Å². The van der Waals surface area contributed by atoms with Gasteiger partial charge in [0.25, 0.3) is 0 Å². The molecule has 1 aliphatic carbocycles. The van der Waals surface area contributed by atoms with Gasteiger partial charge in [0.05, 0.1) is 0 Å². The van der Waals surface area contributed by atoms with Gasteiger partial charge in [-0.25, -0.2) is 0 Å². The van der Waals surface area contributed by atoms with E-state index in [1.807, 2.05) is 0 Å². The smallest absolute Gasteiger partial charge is 0.120 e. The van der Waals surface area contributed by atoms with Crippen LogP contribution < -0.4 is 5.73 Å². The van der Waals surface area contributed by atoms with Crippen molar-refractivity contribution in [1.29, 1.82) is 0 Å². The van der Waals surface area contributed by atoms with Crippen LogP contribution in [-0.2, 0) is 0 Å². The van der Waals surface area contributed by atoms with Crippen molar-refractivity contribution in [2.75, 3.05) is 0 Å². The SMILES string of the molecule is N[C@@H](c1cc(Cl)ccc1O)C1CCC1. The molecule has 14 heavy (non-hydrogen) atoms. The second-order valence-electron chi connectivity index (χ2n) is 3.92. The predicted molar refractivity (Wildman–Crippen MR) is 57.4 cm³/mol. The molecule has 76 valence electrons. The minimum atomic E-state index is -0.0672. The summed E-state index contributed by atoms with van der Waals surface area (Å²) in [6.45, 7) is 0. The molecule has 1 aliphatic rings. The maximum absolute atomic E-state index is 9.64. The number of nitrogens with two attached hydrogens (primary N) is 1. The summed E-state index contributed by atoms with van der Waals surface area (Å²) >= 11 is 5.86. The largest absolute Gasteiger partial charge is 0.508 e. The lowest BCUT2D eigenvalue weighted by Gasteiger charge is -2.31. The number of benzene rings is 1. The summed E-state index contributed by atoms with van der Waals surface area (Å²) in [6.07, 6.45) is 3.57. The zero-order valence-corrected chi connectivity index (χ0v) is 8.67. The van der Waals surface area contributed by atoms with Gasteiger partial charge in [0.1, 0.15) is 5.75 Å². The highest BCUT2D eigenvalue weighted by molar-refractivity contribution is 6.30. The van der Waals surface area contributed by atoms with E-state index in [1.165, 1.54) is 6.42 Å². The molecule has 2 rings (SSSR count). The summed E-state index contributed by atoms with van der Waals surface area (Å²) < 4.78 is 0. The Balaban J connectivity index is 2.24. The summed E-state index contributed by atoms with van der Waals surface area (Å²) in [5, 5.41) is 10.3. The fraction of sp³-hybridized carbons (Fsp3) is 0.455. The number of hydrogen-bond acceptors (Lipinski definition) is 2. The van der Waals surface area contributed by atoms with Gasteiger partial charge < -0.3 is 10.8 Å². The molecule has 0 saturated heterocycles. The third-order valence-corrected chi connectivity index (χ3v) is 3.24.